The van der Waals surface area contributed by atoms with Crippen LogP contribution in [0.15, 0.2) is 49.2 Å². The molecule has 6 rings (SSSR count). The molecule has 36 heavy (non-hydrogen) atoms. The first kappa shape index (κ1) is 23.0. The number of rotatable bonds is 5. The zero-order valence-electron chi connectivity index (χ0n) is 20.1. The van der Waals surface area contributed by atoms with Gasteiger partial charge in [-0.15, -0.1) is 0 Å². The first-order valence-corrected chi connectivity index (χ1v) is 12.0. The third-order valence-electron chi connectivity index (χ3n) is 7.59. The number of fused-ring (bicyclic) bond motifs is 1. The van der Waals surface area contributed by atoms with Gasteiger partial charge < -0.3 is 4.90 Å². The van der Waals surface area contributed by atoms with Crippen LogP contribution >= 0.6 is 0 Å². The lowest BCUT2D eigenvalue weighted by molar-refractivity contribution is -0.137. The summed E-state index contributed by atoms with van der Waals surface area (Å²) in [6, 6.07) is 4.39. The molecule has 11 heteroatoms. The fraction of sp³-hybridized carbons (Fsp3) is 0.440. The van der Waals surface area contributed by atoms with Crippen LogP contribution in [0, 0.1) is 11.3 Å². The molecule has 1 aliphatic carbocycles. The fourth-order valence-electron chi connectivity index (χ4n) is 5.14. The standard InChI is InChI=1S/C25H27F3N8/c1-24(2)9-18(24)13-34-7-8-35(15-20(34)16-10-31-32-11-16)22-5-6-29-23(33-22)19-12-30-21-4-3-17(14-36(19)21)25(26,27)28/h3-6,10-12,14,18,20H,7-9,13,15H2,1-2H3,(H,31,32)/t18-,20?/m1/s1. The number of H-pyrrole nitrogens is 1. The van der Waals surface area contributed by atoms with Gasteiger partial charge in [-0.2, -0.15) is 18.3 Å². The first-order chi connectivity index (χ1) is 17.2. The van der Waals surface area contributed by atoms with Gasteiger partial charge in [0.05, 0.1) is 24.0 Å². The van der Waals surface area contributed by atoms with Crippen molar-refractivity contribution in [3.05, 3.63) is 60.3 Å². The maximum atomic E-state index is 13.3. The van der Waals surface area contributed by atoms with Gasteiger partial charge in [-0.25, -0.2) is 15.0 Å². The largest absolute Gasteiger partial charge is 0.417 e. The van der Waals surface area contributed by atoms with Crippen LogP contribution in [0.25, 0.3) is 17.2 Å². The Morgan fingerprint density at radius 3 is 2.67 bits per heavy atom. The molecule has 5 heterocycles. The van der Waals surface area contributed by atoms with E-state index in [0.717, 1.165) is 49.8 Å². The highest BCUT2D eigenvalue weighted by atomic mass is 19.4. The van der Waals surface area contributed by atoms with Crippen LogP contribution in [-0.4, -0.2) is 60.6 Å². The van der Waals surface area contributed by atoms with Gasteiger partial charge in [0.2, 0.25) is 0 Å². The Balaban J connectivity index is 1.28. The molecule has 0 spiro atoms. The summed E-state index contributed by atoms with van der Waals surface area (Å²) >= 11 is 0. The van der Waals surface area contributed by atoms with E-state index in [-0.39, 0.29) is 6.04 Å². The number of hydrogen-bond acceptors (Lipinski definition) is 6. The van der Waals surface area contributed by atoms with E-state index in [1.165, 1.54) is 23.1 Å². The van der Waals surface area contributed by atoms with Crippen molar-refractivity contribution in [2.24, 2.45) is 11.3 Å². The number of halogens is 3. The summed E-state index contributed by atoms with van der Waals surface area (Å²) in [5.41, 5.74) is 1.61. The average Bonchev–Trinajstić information content (AvgIpc) is 3.26. The highest BCUT2D eigenvalue weighted by molar-refractivity contribution is 5.59. The predicted octanol–water partition coefficient (Wildman–Crippen LogP) is 4.44. The molecule has 1 N–H and O–H groups in total. The number of nitrogens with zero attached hydrogens (tertiary/aromatic N) is 7. The Morgan fingerprint density at radius 1 is 1.11 bits per heavy atom. The molecule has 0 amide bonds. The third kappa shape index (κ3) is 4.21. The van der Waals surface area contributed by atoms with Crippen LogP contribution in [0.3, 0.4) is 0 Å². The van der Waals surface area contributed by atoms with E-state index in [1.807, 2.05) is 18.5 Å². The Morgan fingerprint density at radius 2 is 1.94 bits per heavy atom. The number of pyridine rings is 1. The summed E-state index contributed by atoms with van der Waals surface area (Å²) in [5, 5.41) is 7.11. The minimum atomic E-state index is -4.45. The molecule has 1 unspecified atom stereocenters. The topological polar surface area (TPSA) is 78.2 Å². The lowest BCUT2D eigenvalue weighted by atomic mass is 10.0. The van der Waals surface area contributed by atoms with Gasteiger partial charge in [0.15, 0.2) is 5.82 Å². The van der Waals surface area contributed by atoms with Crippen LogP contribution in [0.4, 0.5) is 19.0 Å². The van der Waals surface area contributed by atoms with Gasteiger partial charge in [0, 0.05) is 50.3 Å². The van der Waals surface area contributed by atoms with Crippen molar-refractivity contribution in [2.45, 2.75) is 32.5 Å². The minimum Gasteiger partial charge on any atom is -0.353 e. The van der Waals surface area contributed by atoms with Gasteiger partial charge in [0.1, 0.15) is 17.2 Å². The van der Waals surface area contributed by atoms with Crippen molar-refractivity contribution < 1.29 is 13.2 Å². The molecule has 0 aromatic carbocycles. The molecular formula is C25H27F3N8. The zero-order valence-corrected chi connectivity index (χ0v) is 20.1. The van der Waals surface area contributed by atoms with Gasteiger partial charge in [-0.05, 0) is 36.0 Å². The number of anilines is 1. The van der Waals surface area contributed by atoms with Gasteiger partial charge in [-0.1, -0.05) is 13.8 Å². The maximum Gasteiger partial charge on any atom is 0.417 e. The van der Waals surface area contributed by atoms with Gasteiger partial charge in [-0.3, -0.25) is 14.4 Å². The second-order valence-corrected chi connectivity index (χ2v) is 10.4. The number of hydrogen-bond donors (Lipinski definition) is 1. The number of aromatic amines is 1. The number of piperazine rings is 1. The average molecular weight is 497 g/mol. The Hall–Kier alpha value is -3.47. The number of imidazole rings is 1. The number of alkyl halides is 3. The Bertz CT molecular complexity index is 1380. The van der Waals surface area contributed by atoms with E-state index in [4.69, 9.17) is 4.98 Å². The normalized spacial score (nSPS) is 22.3. The lowest BCUT2D eigenvalue weighted by Crippen LogP contribution is -2.49. The van der Waals surface area contributed by atoms with Crippen molar-refractivity contribution >= 4 is 11.5 Å². The second kappa shape index (κ2) is 8.29. The van der Waals surface area contributed by atoms with E-state index in [9.17, 15) is 13.2 Å². The van der Waals surface area contributed by atoms with Crippen molar-refractivity contribution in [3.8, 4) is 11.5 Å². The maximum absolute atomic E-state index is 13.3. The van der Waals surface area contributed by atoms with Crippen molar-refractivity contribution in [3.63, 3.8) is 0 Å². The first-order valence-electron chi connectivity index (χ1n) is 12.0. The third-order valence-corrected chi connectivity index (χ3v) is 7.59. The molecule has 1 saturated heterocycles. The Kier molecular flexibility index (Phi) is 5.29. The number of aromatic nitrogens is 6. The van der Waals surface area contributed by atoms with Crippen molar-refractivity contribution in [2.75, 3.05) is 31.1 Å². The monoisotopic (exact) mass is 496 g/mol. The van der Waals surface area contributed by atoms with E-state index in [1.54, 1.807) is 6.20 Å². The summed E-state index contributed by atoms with van der Waals surface area (Å²) in [4.78, 5) is 18.1. The molecular weight excluding hydrogens is 469 g/mol. The van der Waals surface area contributed by atoms with E-state index in [2.05, 4.69) is 43.8 Å². The molecule has 1 saturated carbocycles. The molecule has 2 atom stereocenters. The lowest BCUT2D eigenvalue weighted by Gasteiger charge is -2.42. The molecule has 2 fully saturated rings. The van der Waals surface area contributed by atoms with Crippen molar-refractivity contribution in [1.29, 1.82) is 0 Å². The van der Waals surface area contributed by atoms with Crippen LogP contribution in [0.1, 0.15) is 37.4 Å². The zero-order chi connectivity index (χ0) is 25.1. The van der Waals surface area contributed by atoms with Gasteiger partial charge >= 0.3 is 6.18 Å². The quantitative estimate of drug-likeness (QED) is 0.440. The minimum absolute atomic E-state index is 0.164. The van der Waals surface area contributed by atoms with Gasteiger partial charge in [0.25, 0.3) is 0 Å². The van der Waals surface area contributed by atoms with Crippen LogP contribution < -0.4 is 4.90 Å². The molecule has 2 aliphatic rings. The summed E-state index contributed by atoms with van der Waals surface area (Å²) in [7, 11) is 0. The fourth-order valence-corrected chi connectivity index (χ4v) is 5.14. The van der Waals surface area contributed by atoms with E-state index in [0.29, 0.717) is 28.5 Å². The highest BCUT2D eigenvalue weighted by Crippen LogP contribution is 2.52. The van der Waals surface area contributed by atoms with Crippen LogP contribution in [0.2, 0.25) is 0 Å². The summed E-state index contributed by atoms with van der Waals surface area (Å²) in [6.45, 7) is 8.10. The summed E-state index contributed by atoms with van der Waals surface area (Å²) in [6.07, 6.45) is 4.82. The van der Waals surface area contributed by atoms with E-state index < -0.39 is 11.7 Å². The summed E-state index contributed by atoms with van der Waals surface area (Å²) in [5.74, 6) is 1.77. The second-order valence-electron chi connectivity index (χ2n) is 10.4. The highest BCUT2D eigenvalue weighted by Gasteiger charge is 2.47. The summed E-state index contributed by atoms with van der Waals surface area (Å²) < 4.78 is 41.3. The molecule has 4 aromatic rings. The Labute approximate surface area is 206 Å². The molecule has 1 aliphatic heterocycles. The SMILES string of the molecule is CC1(C)C[C@@H]1CN1CCN(c2ccnc(-c3cnc4ccc(C(F)(F)F)cn34)n2)CC1c1cn[nH]c1. The molecule has 188 valence electrons. The van der Waals surface area contributed by atoms with E-state index >= 15 is 0 Å². The van der Waals surface area contributed by atoms with Crippen molar-refractivity contribution in [1.82, 2.24) is 34.4 Å². The van der Waals surface area contributed by atoms with Crippen LogP contribution in [0.5, 0.6) is 0 Å². The molecule has 0 bridgehead atoms. The smallest absolute Gasteiger partial charge is 0.353 e. The molecule has 8 nitrogen and oxygen atoms in total. The molecule has 4 aromatic heterocycles. The molecule has 0 radical (unpaired) electrons. The van der Waals surface area contributed by atoms with Crippen LogP contribution in [-0.2, 0) is 6.18 Å². The predicted molar refractivity (Wildman–Crippen MR) is 128 cm³/mol. The number of nitrogens with one attached hydrogen (secondary N) is 1.